The Labute approximate surface area is 163 Å². The fourth-order valence-corrected chi connectivity index (χ4v) is 1.36. The first-order chi connectivity index (χ1) is 13.1. The number of aliphatic hydroxyl groups excluding tert-OH is 6. The van der Waals surface area contributed by atoms with E-state index in [0.29, 0.717) is 0 Å². The molecule has 0 aromatic rings. The number of aliphatic carboxylic acids is 1. The SMILES string of the molecule is C=C(C)C(=O)OCC(CO)(CO)COCCC(=O)O.OCC(CO)(CO)CO. The molecule has 0 unspecified atom stereocenters. The van der Waals surface area contributed by atoms with E-state index in [-0.39, 0.29) is 31.8 Å². The van der Waals surface area contributed by atoms with Gasteiger partial charge in [-0.25, -0.2) is 4.79 Å². The molecule has 0 atom stereocenters. The summed E-state index contributed by atoms with van der Waals surface area (Å²) in [6.45, 7) is 1.94. The van der Waals surface area contributed by atoms with Crippen LogP contribution in [0.15, 0.2) is 12.2 Å². The van der Waals surface area contributed by atoms with Crippen molar-refractivity contribution in [1.29, 1.82) is 0 Å². The van der Waals surface area contributed by atoms with Crippen molar-refractivity contribution in [3.63, 3.8) is 0 Å². The summed E-state index contributed by atoms with van der Waals surface area (Å²) in [7, 11) is 0. The van der Waals surface area contributed by atoms with Crippen LogP contribution < -0.4 is 0 Å². The van der Waals surface area contributed by atoms with E-state index in [1.54, 1.807) is 0 Å². The normalized spacial score (nSPS) is 11.4. The Morgan fingerprint density at radius 2 is 1.25 bits per heavy atom. The Bertz CT molecular complexity index is 439. The summed E-state index contributed by atoms with van der Waals surface area (Å²) >= 11 is 0. The lowest BCUT2D eigenvalue weighted by atomic mass is 9.92. The van der Waals surface area contributed by atoms with Gasteiger partial charge in [-0.3, -0.25) is 4.79 Å². The maximum Gasteiger partial charge on any atom is 0.333 e. The van der Waals surface area contributed by atoms with Gasteiger partial charge in [-0.15, -0.1) is 0 Å². The molecule has 11 nitrogen and oxygen atoms in total. The lowest BCUT2D eigenvalue weighted by Crippen LogP contribution is -2.40. The van der Waals surface area contributed by atoms with Crippen molar-refractivity contribution < 1.29 is 54.8 Å². The van der Waals surface area contributed by atoms with E-state index in [1.807, 2.05) is 0 Å². The van der Waals surface area contributed by atoms with Crippen molar-refractivity contribution in [2.24, 2.45) is 10.8 Å². The van der Waals surface area contributed by atoms with Gasteiger partial charge in [0.05, 0.1) is 70.1 Å². The second-order valence-corrected chi connectivity index (χ2v) is 6.50. The van der Waals surface area contributed by atoms with Crippen molar-refractivity contribution in [1.82, 2.24) is 0 Å². The van der Waals surface area contributed by atoms with Crippen LogP contribution in [0.4, 0.5) is 0 Å². The molecule has 0 aromatic heterocycles. The van der Waals surface area contributed by atoms with Crippen LogP contribution in [-0.4, -0.2) is 107 Å². The van der Waals surface area contributed by atoms with Gasteiger partial charge in [0.1, 0.15) is 6.61 Å². The third kappa shape index (κ3) is 11.3. The maximum atomic E-state index is 11.2. The highest BCUT2D eigenvalue weighted by atomic mass is 16.5. The van der Waals surface area contributed by atoms with E-state index < -0.39 is 62.4 Å². The highest BCUT2D eigenvalue weighted by molar-refractivity contribution is 5.86. The number of hydrogen-bond donors (Lipinski definition) is 7. The number of carboxylic acid groups (broad SMARTS) is 1. The van der Waals surface area contributed by atoms with E-state index >= 15 is 0 Å². The number of aliphatic hydroxyl groups is 6. The van der Waals surface area contributed by atoms with E-state index in [9.17, 15) is 19.8 Å². The molecule has 166 valence electrons. The van der Waals surface area contributed by atoms with Gasteiger partial charge in [0.15, 0.2) is 0 Å². The minimum atomic E-state index is -1.15. The Balaban J connectivity index is 0. The standard InChI is InChI=1S/C12H20O7.C5H12O4/c1-9(2)11(17)19-8-12(5-13,6-14)7-18-4-3-10(15)16;6-1-5(2-7,3-8)4-9/h13-14H,1,3-8H2,2H3,(H,15,16);6-9H,1-4H2. The Hall–Kier alpha value is -1.60. The first-order valence-corrected chi connectivity index (χ1v) is 8.38. The molecule has 0 aliphatic rings. The molecule has 0 aliphatic carbocycles. The molecule has 0 saturated heterocycles. The van der Waals surface area contributed by atoms with E-state index in [1.165, 1.54) is 6.92 Å². The summed E-state index contributed by atoms with van der Waals surface area (Å²) in [6.07, 6.45) is -0.182. The second-order valence-electron chi connectivity index (χ2n) is 6.50. The predicted molar refractivity (Wildman–Crippen MR) is 96.2 cm³/mol. The molecule has 0 aliphatic heterocycles. The van der Waals surface area contributed by atoms with Crippen molar-refractivity contribution >= 4 is 11.9 Å². The van der Waals surface area contributed by atoms with Crippen LogP contribution in [0.25, 0.3) is 0 Å². The molecule has 0 radical (unpaired) electrons. The summed E-state index contributed by atoms with van der Waals surface area (Å²) < 4.78 is 9.94. The average Bonchev–Trinajstić information content (AvgIpc) is 2.70. The van der Waals surface area contributed by atoms with Gasteiger partial charge in [-0.2, -0.15) is 0 Å². The Morgan fingerprint density at radius 3 is 1.54 bits per heavy atom. The fraction of sp³-hybridized carbons (Fsp3) is 0.765. The summed E-state index contributed by atoms with van der Waals surface area (Å²) in [5.41, 5.74) is -2.06. The summed E-state index contributed by atoms with van der Waals surface area (Å²) in [4.78, 5) is 21.5. The lowest BCUT2D eigenvalue weighted by molar-refractivity contribution is -0.148. The molecule has 0 amide bonds. The lowest BCUT2D eigenvalue weighted by Gasteiger charge is -2.28. The minimum Gasteiger partial charge on any atom is -0.481 e. The molecule has 11 heteroatoms. The summed E-state index contributed by atoms with van der Waals surface area (Å²) in [5, 5.41) is 61.0. The van der Waals surface area contributed by atoms with Crippen molar-refractivity contribution in [2.75, 3.05) is 59.5 Å². The number of carbonyl (C=O) groups is 2. The zero-order valence-electron chi connectivity index (χ0n) is 16.0. The number of rotatable bonds is 14. The van der Waals surface area contributed by atoms with E-state index in [4.69, 9.17) is 35.0 Å². The van der Waals surface area contributed by atoms with Crippen LogP contribution in [-0.2, 0) is 19.1 Å². The smallest absolute Gasteiger partial charge is 0.333 e. The fourth-order valence-electron chi connectivity index (χ4n) is 1.36. The zero-order chi connectivity index (χ0) is 22.2. The van der Waals surface area contributed by atoms with Crippen LogP contribution in [0.5, 0.6) is 0 Å². The van der Waals surface area contributed by atoms with Gasteiger partial charge in [0, 0.05) is 5.57 Å². The maximum absolute atomic E-state index is 11.2. The molecular weight excluding hydrogens is 380 g/mol. The first kappa shape index (κ1) is 28.6. The molecule has 0 saturated carbocycles. The molecule has 7 N–H and O–H groups in total. The molecule has 0 aromatic carbocycles. The highest BCUT2D eigenvalue weighted by Gasteiger charge is 2.31. The Morgan fingerprint density at radius 1 is 0.821 bits per heavy atom. The third-order valence-electron chi connectivity index (χ3n) is 3.74. The molecule has 0 spiro atoms. The predicted octanol–water partition coefficient (Wildman–Crippen LogP) is -2.49. The molecule has 0 rings (SSSR count). The van der Waals surface area contributed by atoms with Gasteiger partial charge >= 0.3 is 11.9 Å². The minimum absolute atomic E-state index is 0.0501. The number of carbonyl (C=O) groups excluding carboxylic acids is 1. The zero-order valence-corrected chi connectivity index (χ0v) is 16.0. The topological polar surface area (TPSA) is 194 Å². The van der Waals surface area contributed by atoms with Crippen LogP contribution in [0.3, 0.4) is 0 Å². The molecule has 0 bridgehead atoms. The van der Waals surface area contributed by atoms with Gasteiger partial charge < -0.3 is 45.2 Å². The Kier molecular flexibility index (Phi) is 15.7. The van der Waals surface area contributed by atoms with Crippen LogP contribution in [0.2, 0.25) is 0 Å². The van der Waals surface area contributed by atoms with Gasteiger partial charge in [0.25, 0.3) is 0 Å². The molecule has 0 heterocycles. The molecule has 28 heavy (non-hydrogen) atoms. The number of hydrogen-bond acceptors (Lipinski definition) is 10. The second kappa shape index (κ2) is 15.3. The largest absolute Gasteiger partial charge is 0.481 e. The number of ether oxygens (including phenoxy) is 2. The third-order valence-corrected chi connectivity index (χ3v) is 3.74. The monoisotopic (exact) mass is 412 g/mol. The van der Waals surface area contributed by atoms with Gasteiger partial charge in [0.2, 0.25) is 0 Å². The van der Waals surface area contributed by atoms with Crippen molar-refractivity contribution in [3.05, 3.63) is 12.2 Å². The van der Waals surface area contributed by atoms with E-state index in [2.05, 4.69) is 6.58 Å². The average molecular weight is 412 g/mol. The van der Waals surface area contributed by atoms with Crippen molar-refractivity contribution in [3.8, 4) is 0 Å². The van der Waals surface area contributed by atoms with Gasteiger partial charge in [-0.1, -0.05) is 6.58 Å². The van der Waals surface area contributed by atoms with Crippen molar-refractivity contribution in [2.45, 2.75) is 13.3 Å². The first-order valence-electron chi connectivity index (χ1n) is 8.38. The summed E-state index contributed by atoms with van der Waals surface area (Å²) in [5.74, 6) is -1.64. The number of esters is 1. The molecular formula is C17H32O11. The number of carboxylic acids is 1. The van der Waals surface area contributed by atoms with Gasteiger partial charge in [-0.05, 0) is 6.92 Å². The summed E-state index contributed by atoms with van der Waals surface area (Å²) in [6, 6.07) is 0. The molecule has 0 fully saturated rings. The van der Waals surface area contributed by atoms with Crippen LogP contribution >= 0.6 is 0 Å². The van der Waals surface area contributed by atoms with Crippen LogP contribution in [0.1, 0.15) is 13.3 Å². The van der Waals surface area contributed by atoms with E-state index in [0.717, 1.165) is 0 Å². The quantitative estimate of drug-likeness (QED) is 0.0906. The van der Waals surface area contributed by atoms with Crippen LogP contribution in [0, 0.1) is 10.8 Å². The highest BCUT2D eigenvalue weighted by Crippen LogP contribution is 2.18.